The lowest BCUT2D eigenvalue weighted by molar-refractivity contribution is -0.130. The van der Waals surface area contributed by atoms with Gasteiger partial charge in [0.15, 0.2) is 0 Å². The van der Waals surface area contributed by atoms with E-state index in [1.807, 2.05) is 26.0 Å². The lowest BCUT2D eigenvalue weighted by Gasteiger charge is -2.20. The molecule has 0 radical (unpaired) electrons. The second-order valence-electron chi connectivity index (χ2n) is 5.52. The second kappa shape index (κ2) is 7.15. The largest absolute Gasteiger partial charge is 0.492 e. The van der Waals surface area contributed by atoms with Gasteiger partial charge in [0.1, 0.15) is 25.5 Å². The Hall–Kier alpha value is -2.24. The van der Waals surface area contributed by atoms with Crippen LogP contribution in [0.1, 0.15) is 11.1 Å². The molecule has 0 N–H and O–H groups in total. The predicted molar refractivity (Wildman–Crippen MR) is 82.0 cm³/mol. The highest BCUT2D eigenvalue weighted by atomic mass is 16.6. The number of nitrogens with zero attached hydrogens (tertiary/aromatic N) is 2. The van der Waals surface area contributed by atoms with Crippen molar-refractivity contribution in [2.75, 3.05) is 39.9 Å². The molecule has 0 aliphatic carbocycles. The summed E-state index contributed by atoms with van der Waals surface area (Å²) in [6.45, 7) is 5.79. The Labute approximate surface area is 130 Å². The number of hydrogen-bond donors (Lipinski definition) is 0. The van der Waals surface area contributed by atoms with Crippen LogP contribution in [0.15, 0.2) is 18.2 Å². The number of cyclic esters (lactones) is 1. The number of carbonyl (C=O) groups is 2. The highest BCUT2D eigenvalue weighted by Crippen LogP contribution is 2.16. The maximum atomic E-state index is 12.0. The van der Waals surface area contributed by atoms with Crippen LogP contribution in [0.2, 0.25) is 0 Å². The van der Waals surface area contributed by atoms with Crippen LogP contribution in [0, 0.1) is 13.8 Å². The third-order valence-electron chi connectivity index (χ3n) is 3.49. The van der Waals surface area contributed by atoms with E-state index in [0.29, 0.717) is 26.3 Å². The van der Waals surface area contributed by atoms with Gasteiger partial charge in [-0.2, -0.15) is 0 Å². The molecule has 0 unspecified atom stereocenters. The monoisotopic (exact) mass is 306 g/mol. The van der Waals surface area contributed by atoms with E-state index in [9.17, 15) is 9.59 Å². The van der Waals surface area contributed by atoms with Crippen LogP contribution in [0.3, 0.4) is 0 Å². The van der Waals surface area contributed by atoms with Crippen molar-refractivity contribution in [1.82, 2.24) is 9.80 Å². The van der Waals surface area contributed by atoms with Gasteiger partial charge in [0, 0.05) is 7.05 Å². The van der Waals surface area contributed by atoms with Gasteiger partial charge in [-0.15, -0.1) is 0 Å². The summed E-state index contributed by atoms with van der Waals surface area (Å²) in [5, 5.41) is 0. The third-order valence-corrected chi connectivity index (χ3v) is 3.49. The molecule has 1 aromatic carbocycles. The number of amides is 2. The van der Waals surface area contributed by atoms with Crippen molar-refractivity contribution >= 4 is 12.0 Å². The average molecular weight is 306 g/mol. The molecule has 6 nitrogen and oxygen atoms in total. The third kappa shape index (κ3) is 4.38. The summed E-state index contributed by atoms with van der Waals surface area (Å²) in [5.41, 5.74) is 2.29. The highest BCUT2D eigenvalue weighted by Gasteiger charge is 2.25. The molecule has 2 rings (SSSR count). The summed E-state index contributed by atoms with van der Waals surface area (Å²) in [6.07, 6.45) is -0.423. The number of ether oxygens (including phenoxy) is 2. The molecule has 6 heteroatoms. The lowest BCUT2D eigenvalue weighted by atomic mass is 10.1. The van der Waals surface area contributed by atoms with Crippen LogP contribution >= 0.6 is 0 Å². The van der Waals surface area contributed by atoms with E-state index in [0.717, 1.165) is 16.9 Å². The van der Waals surface area contributed by atoms with E-state index in [-0.39, 0.29) is 12.5 Å². The quantitative estimate of drug-likeness (QED) is 0.801. The van der Waals surface area contributed by atoms with Gasteiger partial charge in [-0.3, -0.25) is 9.69 Å². The molecule has 1 heterocycles. The number of benzene rings is 1. The van der Waals surface area contributed by atoms with Gasteiger partial charge in [0.2, 0.25) is 5.91 Å². The fraction of sp³-hybridized carbons (Fsp3) is 0.500. The van der Waals surface area contributed by atoms with Crippen LogP contribution in [-0.4, -0.2) is 61.7 Å². The Balaban J connectivity index is 1.76. The van der Waals surface area contributed by atoms with Crippen LogP contribution in [-0.2, 0) is 9.53 Å². The van der Waals surface area contributed by atoms with Crippen molar-refractivity contribution in [3.05, 3.63) is 29.3 Å². The highest BCUT2D eigenvalue weighted by molar-refractivity contribution is 5.82. The maximum absolute atomic E-state index is 12.0. The second-order valence-corrected chi connectivity index (χ2v) is 5.52. The molecular weight excluding hydrogens is 284 g/mol. The Bertz CT molecular complexity index is 539. The zero-order chi connectivity index (χ0) is 16.1. The Morgan fingerprint density at radius 1 is 1.32 bits per heavy atom. The van der Waals surface area contributed by atoms with E-state index in [1.54, 1.807) is 11.9 Å². The van der Waals surface area contributed by atoms with Gasteiger partial charge in [0.25, 0.3) is 0 Å². The first-order valence-corrected chi connectivity index (χ1v) is 7.32. The van der Waals surface area contributed by atoms with Gasteiger partial charge >= 0.3 is 6.09 Å². The zero-order valence-electron chi connectivity index (χ0n) is 13.3. The van der Waals surface area contributed by atoms with Crippen molar-refractivity contribution in [2.24, 2.45) is 0 Å². The summed E-state index contributed by atoms with van der Waals surface area (Å²) in [7, 11) is 1.70. The van der Waals surface area contributed by atoms with Crippen molar-refractivity contribution in [3.8, 4) is 5.75 Å². The van der Waals surface area contributed by atoms with Crippen LogP contribution in [0.5, 0.6) is 5.75 Å². The molecular formula is C16H22N2O4. The summed E-state index contributed by atoms with van der Waals surface area (Å²) < 4.78 is 10.5. The van der Waals surface area contributed by atoms with Gasteiger partial charge in [-0.05, 0) is 37.1 Å². The fourth-order valence-electron chi connectivity index (χ4n) is 2.29. The summed E-state index contributed by atoms with van der Waals surface area (Å²) >= 11 is 0. The number of aryl methyl sites for hydroxylation is 2. The molecule has 0 spiro atoms. The maximum Gasteiger partial charge on any atom is 0.410 e. The van der Waals surface area contributed by atoms with E-state index in [1.165, 1.54) is 4.90 Å². The predicted octanol–water partition coefficient (Wildman–Crippen LogP) is 1.59. The van der Waals surface area contributed by atoms with Gasteiger partial charge in [0.05, 0.1) is 13.1 Å². The minimum atomic E-state index is -0.423. The standard InChI is InChI=1S/C16H22N2O4/c1-12-8-13(2)10-14(9-12)21-6-4-17(3)15(19)11-18-5-7-22-16(18)20/h8-10H,4-7,11H2,1-3H3. The number of likely N-dealkylation sites (N-methyl/N-ethyl adjacent to an activating group) is 1. The van der Waals surface area contributed by atoms with Crippen LogP contribution in [0.25, 0.3) is 0 Å². The van der Waals surface area contributed by atoms with Crippen molar-refractivity contribution in [1.29, 1.82) is 0 Å². The molecule has 0 aromatic heterocycles. The molecule has 22 heavy (non-hydrogen) atoms. The average Bonchev–Trinajstić information content (AvgIpc) is 2.83. The van der Waals surface area contributed by atoms with E-state index in [4.69, 9.17) is 9.47 Å². The van der Waals surface area contributed by atoms with Crippen molar-refractivity contribution in [2.45, 2.75) is 13.8 Å². The Kier molecular flexibility index (Phi) is 5.25. The molecule has 1 aliphatic heterocycles. The number of carbonyl (C=O) groups excluding carboxylic acids is 2. The van der Waals surface area contributed by atoms with Gasteiger partial charge < -0.3 is 14.4 Å². The number of rotatable bonds is 6. The lowest BCUT2D eigenvalue weighted by Crippen LogP contribution is -2.40. The minimum Gasteiger partial charge on any atom is -0.492 e. The SMILES string of the molecule is Cc1cc(C)cc(OCCN(C)C(=O)CN2CCOC2=O)c1. The first-order valence-electron chi connectivity index (χ1n) is 7.32. The van der Waals surface area contributed by atoms with Gasteiger partial charge in [-0.1, -0.05) is 6.07 Å². The first kappa shape index (κ1) is 16.1. The molecule has 1 aliphatic rings. The topological polar surface area (TPSA) is 59.1 Å². The molecule has 1 fully saturated rings. The fourth-order valence-corrected chi connectivity index (χ4v) is 2.29. The summed E-state index contributed by atoms with van der Waals surface area (Å²) in [6, 6.07) is 6.02. The van der Waals surface area contributed by atoms with E-state index >= 15 is 0 Å². The van der Waals surface area contributed by atoms with Crippen molar-refractivity contribution in [3.63, 3.8) is 0 Å². The Morgan fingerprint density at radius 3 is 2.59 bits per heavy atom. The molecule has 0 atom stereocenters. The summed E-state index contributed by atoms with van der Waals surface area (Å²) in [4.78, 5) is 26.3. The number of hydrogen-bond acceptors (Lipinski definition) is 4. The molecule has 0 bridgehead atoms. The Morgan fingerprint density at radius 2 is 2.00 bits per heavy atom. The van der Waals surface area contributed by atoms with Gasteiger partial charge in [-0.25, -0.2) is 4.79 Å². The smallest absolute Gasteiger partial charge is 0.410 e. The van der Waals surface area contributed by atoms with E-state index in [2.05, 4.69) is 6.07 Å². The van der Waals surface area contributed by atoms with Crippen molar-refractivity contribution < 1.29 is 19.1 Å². The molecule has 120 valence electrons. The molecule has 0 saturated carbocycles. The summed E-state index contributed by atoms with van der Waals surface area (Å²) in [5.74, 6) is 0.685. The zero-order valence-corrected chi connectivity index (χ0v) is 13.3. The molecule has 1 saturated heterocycles. The minimum absolute atomic E-state index is 0.0545. The normalized spacial score (nSPS) is 14.0. The first-order chi connectivity index (χ1) is 10.5. The molecule has 2 amide bonds. The van der Waals surface area contributed by atoms with Crippen LogP contribution < -0.4 is 4.74 Å². The van der Waals surface area contributed by atoms with E-state index < -0.39 is 6.09 Å². The molecule has 1 aromatic rings. The van der Waals surface area contributed by atoms with Crippen LogP contribution in [0.4, 0.5) is 4.79 Å².